The second-order valence-electron chi connectivity index (χ2n) is 11.6. The minimum absolute atomic E-state index is 0.790. The normalized spacial score (nSPS) is 12.6. The summed E-state index contributed by atoms with van der Waals surface area (Å²) in [6, 6.07) is 46.3. The fraction of sp³-hybridized carbons (Fsp3) is 0. The Morgan fingerprint density at radius 2 is 1.38 bits per heavy atom. The van der Waals surface area contributed by atoms with E-state index in [1.807, 2.05) is 30.3 Å². The third-order valence-corrected chi connectivity index (χ3v) is 9.25. The highest BCUT2D eigenvalue weighted by molar-refractivity contribution is 6.18. The predicted molar refractivity (Wildman–Crippen MR) is 179 cm³/mol. The highest BCUT2D eigenvalue weighted by Gasteiger charge is 2.27. The smallest absolute Gasteiger partial charge is 0.232 e. The van der Waals surface area contributed by atoms with Gasteiger partial charge in [-0.1, -0.05) is 66.7 Å². The molecule has 1 aliphatic heterocycles. The molecule has 11 rings (SSSR count). The van der Waals surface area contributed by atoms with Crippen molar-refractivity contribution in [3.05, 3.63) is 133 Å². The molecule has 6 heteroatoms. The molecule has 4 aromatic heterocycles. The van der Waals surface area contributed by atoms with Gasteiger partial charge < -0.3 is 13.7 Å². The lowest BCUT2D eigenvalue weighted by Crippen LogP contribution is -2.03. The maximum Gasteiger partial charge on any atom is 0.232 e. The predicted octanol–water partition coefficient (Wildman–Crippen LogP) is 10.0. The molecule has 0 fully saturated rings. The second-order valence-corrected chi connectivity index (χ2v) is 11.6. The summed E-state index contributed by atoms with van der Waals surface area (Å²) in [4.78, 5) is 5.25. The average Bonchev–Trinajstić information content (AvgIpc) is 3.82. The number of fused-ring (bicyclic) bond motifs is 12. The van der Waals surface area contributed by atoms with E-state index in [1.165, 1.54) is 10.8 Å². The zero-order chi connectivity index (χ0) is 29.2. The number of imidazole rings is 2. The molecular formula is C39H22N4O2. The lowest BCUT2D eigenvalue weighted by molar-refractivity contribution is 0.476. The van der Waals surface area contributed by atoms with Crippen LogP contribution in [0, 0.1) is 0 Å². The maximum atomic E-state index is 6.50. The van der Waals surface area contributed by atoms with Crippen molar-refractivity contribution in [3.63, 3.8) is 0 Å². The van der Waals surface area contributed by atoms with Gasteiger partial charge in [-0.15, -0.1) is 0 Å². The SMILES string of the molecule is c1ccc(-n2c3c4ccccc4oc3n3c4ccc(-c5ccc6c7c5c5ccccc5n7-c5ccccc5O6)cc4nc23)cc1. The fourth-order valence-corrected chi connectivity index (χ4v) is 7.38. The molecule has 45 heavy (non-hydrogen) atoms. The van der Waals surface area contributed by atoms with Crippen LogP contribution in [-0.2, 0) is 0 Å². The summed E-state index contributed by atoms with van der Waals surface area (Å²) in [6.45, 7) is 0. The van der Waals surface area contributed by atoms with Gasteiger partial charge in [-0.3, -0.25) is 4.57 Å². The zero-order valence-electron chi connectivity index (χ0n) is 23.8. The Morgan fingerprint density at radius 1 is 0.578 bits per heavy atom. The van der Waals surface area contributed by atoms with Crippen LogP contribution >= 0.6 is 0 Å². The van der Waals surface area contributed by atoms with Crippen molar-refractivity contribution in [2.24, 2.45) is 0 Å². The lowest BCUT2D eigenvalue weighted by Gasteiger charge is -2.21. The first-order valence-corrected chi connectivity index (χ1v) is 15.1. The molecule has 0 amide bonds. The monoisotopic (exact) mass is 578 g/mol. The van der Waals surface area contributed by atoms with Crippen LogP contribution in [0.3, 0.4) is 0 Å². The minimum Gasteiger partial charge on any atom is -0.453 e. The Labute approximate surface area is 255 Å². The van der Waals surface area contributed by atoms with Crippen molar-refractivity contribution < 1.29 is 9.15 Å². The molecule has 0 spiro atoms. The van der Waals surface area contributed by atoms with Crippen LogP contribution in [0.15, 0.2) is 138 Å². The maximum absolute atomic E-state index is 6.50. The molecule has 6 aromatic carbocycles. The molecule has 6 nitrogen and oxygen atoms in total. The van der Waals surface area contributed by atoms with E-state index in [4.69, 9.17) is 14.1 Å². The topological polar surface area (TPSA) is 49.5 Å². The van der Waals surface area contributed by atoms with E-state index < -0.39 is 0 Å². The van der Waals surface area contributed by atoms with Crippen LogP contribution in [0.1, 0.15) is 0 Å². The summed E-state index contributed by atoms with van der Waals surface area (Å²) in [5.74, 6) is 2.55. The summed E-state index contributed by atoms with van der Waals surface area (Å²) in [5.41, 5.74) is 11.2. The molecule has 0 N–H and O–H groups in total. The van der Waals surface area contributed by atoms with Gasteiger partial charge in [-0.2, -0.15) is 0 Å². The van der Waals surface area contributed by atoms with Gasteiger partial charge >= 0.3 is 0 Å². The molecule has 0 atom stereocenters. The standard InChI is InChI=1S/C39H22N4O2/c1-2-10-24(11-3-1)41-36-27-13-5-8-16-32(27)45-38(36)43-30-20-18-23(22-28(30)40-39(41)43)25-19-21-34-37-35(25)26-12-4-6-14-29(26)42(37)31-15-7-9-17-33(31)44-34/h1-22H. The number of rotatable bonds is 2. The zero-order valence-corrected chi connectivity index (χ0v) is 23.8. The van der Waals surface area contributed by atoms with Gasteiger partial charge in [0.15, 0.2) is 11.5 Å². The summed E-state index contributed by atoms with van der Waals surface area (Å²) in [7, 11) is 0. The largest absolute Gasteiger partial charge is 0.453 e. The molecule has 0 saturated heterocycles. The second kappa shape index (κ2) is 8.21. The fourth-order valence-electron chi connectivity index (χ4n) is 7.38. The van der Waals surface area contributed by atoms with Crippen LogP contribution in [0.25, 0.3) is 83.3 Å². The van der Waals surface area contributed by atoms with Crippen molar-refractivity contribution in [1.29, 1.82) is 0 Å². The van der Waals surface area contributed by atoms with Crippen LogP contribution in [0.2, 0.25) is 0 Å². The summed E-state index contributed by atoms with van der Waals surface area (Å²) < 4.78 is 19.6. The quantitative estimate of drug-likeness (QED) is 0.205. The third kappa shape index (κ3) is 2.91. The van der Waals surface area contributed by atoms with Gasteiger partial charge in [0.2, 0.25) is 11.5 Å². The van der Waals surface area contributed by atoms with Gasteiger partial charge in [0, 0.05) is 21.8 Å². The van der Waals surface area contributed by atoms with Crippen molar-refractivity contribution in [2.45, 2.75) is 0 Å². The molecule has 210 valence electrons. The first-order valence-electron chi connectivity index (χ1n) is 15.1. The molecule has 5 heterocycles. The molecule has 0 bridgehead atoms. The van der Waals surface area contributed by atoms with Crippen LogP contribution < -0.4 is 4.74 Å². The van der Waals surface area contributed by atoms with Gasteiger partial charge in [0.05, 0.1) is 27.8 Å². The molecule has 1 aliphatic rings. The number of hydrogen-bond donors (Lipinski definition) is 0. The molecule has 10 aromatic rings. The molecule has 0 saturated carbocycles. The lowest BCUT2D eigenvalue weighted by atomic mass is 9.98. The number of furan rings is 1. The Hall–Kier alpha value is -6.27. The van der Waals surface area contributed by atoms with E-state index >= 15 is 0 Å². The molecule has 0 unspecified atom stereocenters. The van der Waals surface area contributed by atoms with Crippen LogP contribution in [0.5, 0.6) is 11.5 Å². The van der Waals surface area contributed by atoms with Crippen molar-refractivity contribution in [3.8, 4) is 34.0 Å². The third-order valence-electron chi connectivity index (χ3n) is 9.25. The van der Waals surface area contributed by atoms with E-state index in [0.717, 1.165) is 84.0 Å². The number of ether oxygens (including phenoxy) is 1. The van der Waals surface area contributed by atoms with E-state index in [1.54, 1.807) is 0 Å². The van der Waals surface area contributed by atoms with Crippen molar-refractivity contribution in [1.82, 2.24) is 18.5 Å². The van der Waals surface area contributed by atoms with Crippen molar-refractivity contribution in [2.75, 3.05) is 0 Å². The first-order chi connectivity index (χ1) is 22.3. The molecule has 0 radical (unpaired) electrons. The van der Waals surface area contributed by atoms with Gasteiger partial charge in [0.1, 0.15) is 11.1 Å². The number of para-hydroxylation sites is 5. The summed E-state index contributed by atoms with van der Waals surface area (Å²) in [5, 5.41) is 3.43. The Kier molecular flexibility index (Phi) is 4.24. The van der Waals surface area contributed by atoms with Crippen LogP contribution in [0.4, 0.5) is 0 Å². The number of benzene rings is 6. The Bertz CT molecular complexity index is 2850. The van der Waals surface area contributed by atoms with E-state index in [2.05, 4.69) is 117 Å². The van der Waals surface area contributed by atoms with Gasteiger partial charge in [-0.05, 0) is 77.9 Å². The van der Waals surface area contributed by atoms with Gasteiger partial charge in [-0.25, -0.2) is 9.38 Å². The van der Waals surface area contributed by atoms with Gasteiger partial charge in [0.25, 0.3) is 0 Å². The van der Waals surface area contributed by atoms with Crippen molar-refractivity contribution >= 4 is 60.8 Å². The summed E-state index contributed by atoms with van der Waals surface area (Å²) >= 11 is 0. The first kappa shape index (κ1) is 23.2. The Balaban J connectivity index is 1.21. The highest BCUT2D eigenvalue weighted by Crippen LogP contribution is 2.48. The number of hydrogen-bond acceptors (Lipinski definition) is 3. The van der Waals surface area contributed by atoms with E-state index in [-0.39, 0.29) is 0 Å². The number of nitrogens with zero attached hydrogens (tertiary/aromatic N) is 4. The highest BCUT2D eigenvalue weighted by atomic mass is 16.5. The Morgan fingerprint density at radius 3 is 2.31 bits per heavy atom. The molecule has 0 aliphatic carbocycles. The minimum atomic E-state index is 0.790. The summed E-state index contributed by atoms with van der Waals surface area (Å²) in [6.07, 6.45) is 0. The number of aromatic nitrogens is 4. The average molecular weight is 579 g/mol. The van der Waals surface area contributed by atoms with E-state index in [9.17, 15) is 0 Å². The van der Waals surface area contributed by atoms with Crippen LogP contribution in [-0.4, -0.2) is 18.5 Å². The molecular weight excluding hydrogens is 556 g/mol. The van der Waals surface area contributed by atoms with E-state index in [0.29, 0.717) is 0 Å².